The molecule has 1 saturated carbocycles. The first kappa shape index (κ1) is 16.3. The molecule has 0 radical (unpaired) electrons. The molecule has 0 spiro atoms. The molecule has 3 nitrogen and oxygen atoms in total. The van der Waals surface area contributed by atoms with Crippen molar-refractivity contribution < 1.29 is 4.79 Å². The van der Waals surface area contributed by atoms with Gasteiger partial charge in [-0.25, -0.2) is 0 Å². The van der Waals surface area contributed by atoms with Crippen LogP contribution in [0.4, 0.5) is 0 Å². The van der Waals surface area contributed by atoms with Crippen molar-refractivity contribution in [2.45, 2.75) is 51.0 Å². The summed E-state index contributed by atoms with van der Waals surface area (Å²) in [4.78, 5) is 12.5. The average Bonchev–Trinajstić information content (AvgIpc) is 3.31. The molecule has 0 bridgehead atoms. The molecule has 0 aromatic heterocycles. The number of carbonyl (C=O) groups is 1. The molecular weight excluding hydrogens is 284 g/mol. The second-order valence-corrected chi connectivity index (χ2v) is 6.54. The summed E-state index contributed by atoms with van der Waals surface area (Å²) in [6.45, 7) is 2.58. The van der Waals surface area contributed by atoms with Crippen LogP contribution >= 0.6 is 12.4 Å². The van der Waals surface area contributed by atoms with Gasteiger partial charge in [0.05, 0.1) is 5.54 Å². The first-order valence-electron chi connectivity index (χ1n) is 7.77. The number of benzene rings is 1. The van der Waals surface area contributed by atoms with Crippen molar-refractivity contribution in [2.24, 2.45) is 11.7 Å². The van der Waals surface area contributed by atoms with E-state index in [1.54, 1.807) is 0 Å². The van der Waals surface area contributed by atoms with Gasteiger partial charge < -0.3 is 11.1 Å². The van der Waals surface area contributed by atoms with Gasteiger partial charge >= 0.3 is 0 Å². The quantitative estimate of drug-likeness (QED) is 0.898. The van der Waals surface area contributed by atoms with E-state index in [0.717, 1.165) is 18.4 Å². The molecule has 2 aliphatic carbocycles. The number of hydrogen-bond donors (Lipinski definition) is 2. The summed E-state index contributed by atoms with van der Waals surface area (Å²) in [5.41, 5.74) is 9.18. The molecule has 21 heavy (non-hydrogen) atoms. The zero-order valence-corrected chi connectivity index (χ0v) is 13.5. The predicted molar refractivity (Wildman–Crippen MR) is 88.0 cm³/mol. The van der Waals surface area contributed by atoms with Gasteiger partial charge in [-0.05, 0) is 74.6 Å². The zero-order chi connectivity index (χ0) is 14.2. The van der Waals surface area contributed by atoms with E-state index in [1.807, 2.05) is 6.07 Å². The van der Waals surface area contributed by atoms with Crippen molar-refractivity contribution in [3.63, 3.8) is 0 Å². The lowest BCUT2D eigenvalue weighted by Gasteiger charge is -2.29. The summed E-state index contributed by atoms with van der Waals surface area (Å²) in [6, 6.07) is 6.16. The molecule has 0 heterocycles. The Morgan fingerprint density at radius 1 is 1.29 bits per heavy atom. The van der Waals surface area contributed by atoms with E-state index in [9.17, 15) is 4.79 Å². The van der Waals surface area contributed by atoms with Crippen molar-refractivity contribution in [2.75, 3.05) is 6.54 Å². The minimum absolute atomic E-state index is 0. The predicted octanol–water partition coefficient (Wildman–Crippen LogP) is 2.84. The monoisotopic (exact) mass is 308 g/mol. The van der Waals surface area contributed by atoms with Gasteiger partial charge in [-0.15, -0.1) is 12.4 Å². The maximum Gasteiger partial charge on any atom is 0.251 e. The van der Waals surface area contributed by atoms with Crippen molar-refractivity contribution in [3.8, 4) is 0 Å². The summed E-state index contributed by atoms with van der Waals surface area (Å²) in [7, 11) is 0. The Morgan fingerprint density at radius 2 is 1.95 bits per heavy atom. The van der Waals surface area contributed by atoms with Crippen LogP contribution in [0.2, 0.25) is 0 Å². The molecule has 1 unspecified atom stereocenters. The van der Waals surface area contributed by atoms with Gasteiger partial charge in [0.15, 0.2) is 0 Å². The van der Waals surface area contributed by atoms with Crippen molar-refractivity contribution >= 4 is 18.3 Å². The third-order valence-electron chi connectivity index (χ3n) is 4.91. The third-order valence-corrected chi connectivity index (χ3v) is 4.91. The molecule has 116 valence electrons. The van der Waals surface area contributed by atoms with Gasteiger partial charge in [0.1, 0.15) is 0 Å². The van der Waals surface area contributed by atoms with E-state index in [4.69, 9.17) is 5.73 Å². The number of halogens is 1. The average molecular weight is 309 g/mol. The highest BCUT2D eigenvalue weighted by Crippen LogP contribution is 2.39. The highest BCUT2D eigenvalue weighted by atomic mass is 35.5. The van der Waals surface area contributed by atoms with Crippen LogP contribution < -0.4 is 11.1 Å². The Hall–Kier alpha value is -1.06. The molecule has 0 saturated heterocycles. The minimum atomic E-state index is -0.243. The van der Waals surface area contributed by atoms with E-state index in [2.05, 4.69) is 24.4 Å². The van der Waals surface area contributed by atoms with E-state index in [-0.39, 0.29) is 23.9 Å². The summed E-state index contributed by atoms with van der Waals surface area (Å²) in [5.74, 6) is 0.576. The number of aryl methyl sites for hydroxylation is 2. The van der Waals surface area contributed by atoms with Crippen LogP contribution in [-0.2, 0) is 12.8 Å². The Labute approximate surface area is 133 Å². The van der Waals surface area contributed by atoms with E-state index < -0.39 is 0 Å². The minimum Gasteiger partial charge on any atom is -0.345 e. The van der Waals surface area contributed by atoms with Gasteiger partial charge in [0, 0.05) is 12.1 Å². The number of rotatable bonds is 4. The molecule has 3 rings (SSSR count). The topological polar surface area (TPSA) is 55.1 Å². The molecule has 3 N–H and O–H groups in total. The summed E-state index contributed by atoms with van der Waals surface area (Å²) < 4.78 is 0. The first-order chi connectivity index (χ1) is 9.62. The Morgan fingerprint density at radius 3 is 2.57 bits per heavy atom. The smallest absolute Gasteiger partial charge is 0.251 e. The molecule has 1 aromatic carbocycles. The molecule has 1 atom stereocenters. The van der Waals surface area contributed by atoms with Crippen LogP contribution in [0.1, 0.15) is 54.1 Å². The maximum absolute atomic E-state index is 12.5. The maximum atomic E-state index is 12.5. The van der Waals surface area contributed by atoms with Gasteiger partial charge in [0.25, 0.3) is 5.91 Å². The van der Waals surface area contributed by atoms with E-state index >= 15 is 0 Å². The number of carbonyl (C=O) groups excluding carboxylic acids is 1. The highest BCUT2D eigenvalue weighted by molar-refractivity contribution is 5.95. The number of fused-ring (bicyclic) bond motifs is 1. The van der Waals surface area contributed by atoms with Crippen molar-refractivity contribution in [3.05, 3.63) is 34.9 Å². The van der Waals surface area contributed by atoms with Crippen molar-refractivity contribution in [1.29, 1.82) is 0 Å². The highest BCUT2D eigenvalue weighted by Gasteiger charge is 2.41. The number of amides is 1. The molecule has 0 aliphatic heterocycles. The van der Waals surface area contributed by atoms with Crippen LogP contribution in [0.3, 0.4) is 0 Å². The van der Waals surface area contributed by atoms with Crippen LogP contribution in [0.25, 0.3) is 0 Å². The fraction of sp³-hybridized carbons (Fsp3) is 0.588. The summed E-state index contributed by atoms with van der Waals surface area (Å²) >= 11 is 0. The standard InChI is InChI=1S/C17H24N2O.ClH/c1-17(11-18,15-8-9-15)19-16(20)14-7-6-12-4-2-3-5-13(12)10-14;/h6-7,10,15H,2-5,8-9,11,18H2,1H3,(H,19,20);1H. The van der Waals surface area contributed by atoms with Gasteiger partial charge in [0.2, 0.25) is 0 Å². The van der Waals surface area contributed by atoms with E-state index in [0.29, 0.717) is 12.5 Å². The number of nitrogens with two attached hydrogens (primary N) is 1. The Bertz CT molecular complexity index is 528. The van der Waals surface area contributed by atoms with Gasteiger partial charge in [-0.2, -0.15) is 0 Å². The second-order valence-electron chi connectivity index (χ2n) is 6.54. The third kappa shape index (κ3) is 3.41. The molecular formula is C17H25ClN2O. The fourth-order valence-corrected chi connectivity index (χ4v) is 3.25. The lowest BCUT2D eigenvalue weighted by molar-refractivity contribution is 0.0897. The van der Waals surface area contributed by atoms with Crippen molar-refractivity contribution in [1.82, 2.24) is 5.32 Å². The summed E-state index contributed by atoms with van der Waals surface area (Å²) in [6.07, 6.45) is 7.12. The van der Waals surface area contributed by atoms with Crippen LogP contribution in [0.15, 0.2) is 18.2 Å². The summed E-state index contributed by atoms with van der Waals surface area (Å²) in [5, 5.41) is 3.16. The fourth-order valence-electron chi connectivity index (χ4n) is 3.25. The Kier molecular flexibility index (Phi) is 4.95. The number of hydrogen-bond acceptors (Lipinski definition) is 2. The Balaban J connectivity index is 0.00000161. The van der Waals surface area contributed by atoms with Crippen LogP contribution in [0, 0.1) is 5.92 Å². The lowest BCUT2D eigenvalue weighted by Crippen LogP contribution is -2.53. The SMILES string of the molecule is CC(CN)(NC(=O)c1ccc2c(c1)CCCC2)C1CC1.Cl. The molecule has 1 aromatic rings. The van der Waals surface area contributed by atoms with Crippen LogP contribution in [0.5, 0.6) is 0 Å². The lowest BCUT2D eigenvalue weighted by atomic mass is 9.90. The molecule has 2 aliphatic rings. The zero-order valence-electron chi connectivity index (χ0n) is 12.7. The first-order valence-corrected chi connectivity index (χ1v) is 7.77. The molecule has 4 heteroatoms. The number of nitrogens with one attached hydrogen (secondary N) is 1. The largest absolute Gasteiger partial charge is 0.345 e. The van der Waals surface area contributed by atoms with E-state index in [1.165, 1.54) is 36.8 Å². The molecule has 1 amide bonds. The van der Waals surface area contributed by atoms with Crippen LogP contribution in [-0.4, -0.2) is 18.0 Å². The molecule has 1 fully saturated rings. The second kappa shape index (κ2) is 6.37. The van der Waals surface area contributed by atoms with Gasteiger partial charge in [-0.3, -0.25) is 4.79 Å². The normalized spacial score (nSPS) is 19.9. The van der Waals surface area contributed by atoms with Gasteiger partial charge in [-0.1, -0.05) is 6.07 Å².